The van der Waals surface area contributed by atoms with Gasteiger partial charge in [0.15, 0.2) is 9.84 Å². The van der Waals surface area contributed by atoms with E-state index in [1.54, 1.807) is 67.7 Å². The largest absolute Gasteiger partial charge is 0.480 e. The molecule has 0 amide bonds. The van der Waals surface area contributed by atoms with Crippen LogP contribution in [0.5, 0.6) is 5.88 Å². The Bertz CT molecular complexity index is 1950. The molecule has 2 aromatic heterocycles. The quantitative estimate of drug-likeness (QED) is 0.237. The van der Waals surface area contributed by atoms with Gasteiger partial charge in [-0.1, -0.05) is 55.5 Å². The zero-order valence-corrected chi connectivity index (χ0v) is 24.0. The smallest absolute Gasteiger partial charge is 0.238 e. The summed E-state index contributed by atoms with van der Waals surface area (Å²) in [5.41, 5.74) is 10.7. The van der Waals surface area contributed by atoms with Crippen molar-refractivity contribution in [3.05, 3.63) is 96.7 Å². The van der Waals surface area contributed by atoms with Crippen molar-refractivity contribution >= 4 is 42.3 Å². The first-order valence-electron chi connectivity index (χ1n) is 12.7. The number of nitrogens with two attached hydrogens (primary N) is 1. The summed E-state index contributed by atoms with van der Waals surface area (Å²) in [6.45, 7) is 1.60. The van der Waals surface area contributed by atoms with Crippen LogP contribution in [0.25, 0.3) is 33.2 Å². The molecule has 5 aromatic rings. The van der Waals surface area contributed by atoms with Gasteiger partial charge >= 0.3 is 0 Å². The molecule has 5 rings (SSSR count). The third kappa shape index (κ3) is 6.16. The molecule has 0 spiro atoms. The SMILES string of the molecule is CCS(=O)(=O)c1ccc(-c2cc3cc(-c4cnc(OC)c(NS(=O)(=O)Cc5ccccc5)c4)ccc3nc2N)cc1. The molecule has 210 valence electrons. The third-order valence-electron chi connectivity index (χ3n) is 6.59. The van der Waals surface area contributed by atoms with Crippen LogP contribution in [0.2, 0.25) is 0 Å². The van der Waals surface area contributed by atoms with E-state index in [0.29, 0.717) is 28.0 Å². The second-order valence-corrected chi connectivity index (χ2v) is 13.4. The van der Waals surface area contributed by atoms with E-state index < -0.39 is 19.9 Å². The van der Waals surface area contributed by atoms with Crippen LogP contribution in [0.15, 0.2) is 96.0 Å². The molecular weight excluding hydrogens is 560 g/mol. The fourth-order valence-electron chi connectivity index (χ4n) is 4.45. The van der Waals surface area contributed by atoms with Gasteiger partial charge in [0.2, 0.25) is 15.9 Å². The Labute approximate surface area is 239 Å². The Morgan fingerprint density at radius 1 is 0.854 bits per heavy atom. The van der Waals surface area contributed by atoms with Crippen molar-refractivity contribution in [3.63, 3.8) is 0 Å². The van der Waals surface area contributed by atoms with Gasteiger partial charge in [0.05, 0.1) is 29.0 Å². The average Bonchev–Trinajstić information content (AvgIpc) is 2.96. The topological polar surface area (TPSA) is 141 Å². The van der Waals surface area contributed by atoms with Crippen LogP contribution in [0.3, 0.4) is 0 Å². The molecule has 0 aliphatic carbocycles. The molecule has 2 heterocycles. The number of ether oxygens (including phenoxy) is 1. The minimum absolute atomic E-state index is 0.0190. The van der Waals surface area contributed by atoms with Crippen molar-refractivity contribution in [2.24, 2.45) is 0 Å². The van der Waals surface area contributed by atoms with Crippen LogP contribution >= 0.6 is 0 Å². The van der Waals surface area contributed by atoms with Crippen LogP contribution in [0.4, 0.5) is 11.5 Å². The molecule has 0 saturated carbocycles. The van der Waals surface area contributed by atoms with Gasteiger partial charge in [0.1, 0.15) is 11.5 Å². The highest BCUT2D eigenvalue weighted by Crippen LogP contribution is 2.34. The predicted molar refractivity (Wildman–Crippen MR) is 162 cm³/mol. The van der Waals surface area contributed by atoms with Crippen LogP contribution in [0, 0.1) is 0 Å². The second-order valence-electron chi connectivity index (χ2n) is 9.38. The summed E-state index contributed by atoms with van der Waals surface area (Å²) >= 11 is 0. The fourth-order valence-corrected chi connectivity index (χ4v) is 6.52. The summed E-state index contributed by atoms with van der Waals surface area (Å²) in [4.78, 5) is 9.12. The molecular formula is C30H28N4O5S2. The lowest BCUT2D eigenvalue weighted by molar-refractivity contribution is 0.400. The van der Waals surface area contributed by atoms with E-state index in [2.05, 4.69) is 14.7 Å². The Kier molecular flexibility index (Phi) is 7.65. The van der Waals surface area contributed by atoms with E-state index in [1.165, 1.54) is 7.11 Å². The number of anilines is 2. The maximum atomic E-state index is 12.9. The van der Waals surface area contributed by atoms with Crippen LogP contribution in [-0.2, 0) is 25.6 Å². The molecule has 0 radical (unpaired) electrons. The van der Waals surface area contributed by atoms with Crippen LogP contribution in [-0.4, -0.2) is 39.7 Å². The van der Waals surface area contributed by atoms with Gasteiger partial charge in [-0.2, -0.15) is 0 Å². The minimum atomic E-state index is -3.74. The predicted octanol–water partition coefficient (Wildman–Crippen LogP) is 5.29. The van der Waals surface area contributed by atoms with E-state index in [1.807, 2.05) is 30.3 Å². The molecule has 9 nitrogen and oxygen atoms in total. The number of hydrogen-bond acceptors (Lipinski definition) is 8. The Morgan fingerprint density at radius 3 is 2.24 bits per heavy atom. The maximum absolute atomic E-state index is 12.9. The number of nitrogens with zero attached hydrogens (tertiary/aromatic N) is 2. The fraction of sp³-hybridized carbons (Fsp3) is 0.133. The van der Waals surface area contributed by atoms with E-state index >= 15 is 0 Å². The second kappa shape index (κ2) is 11.2. The van der Waals surface area contributed by atoms with E-state index in [9.17, 15) is 16.8 Å². The standard InChI is InChI=1S/C30H28N4O5S2/c1-3-40(35,36)25-12-9-21(10-13-25)26-16-23-15-22(11-14-27(23)33-29(26)31)24-17-28(30(39-2)32-18-24)34-41(37,38)19-20-7-5-4-6-8-20/h4-18,34H,3,19H2,1-2H3,(H2,31,33). The molecule has 0 aliphatic heterocycles. The maximum Gasteiger partial charge on any atom is 0.238 e. The van der Waals surface area contributed by atoms with Gasteiger partial charge in [-0.3, -0.25) is 4.72 Å². The molecule has 41 heavy (non-hydrogen) atoms. The zero-order chi connectivity index (χ0) is 29.2. The van der Waals surface area contributed by atoms with Gasteiger partial charge in [-0.25, -0.2) is 26.8 Å². The van der Waals surface area contributed by atoms with Crippen molar-refractivity contribution in [1.29, 1.82) is 0 Å². The number of hydrogen-bond donors (Lipinski definition) is 2. The summed E-state index contributed by atoms with van der Waals surface area (Å²) in [6.07, 6.45) is 1.60. The molecule has 11 heteroatoms. The lowest BCUT2D eigenvalue weighted by Gasteiger charge is -2.13. The van der Waals surface area contributed by atoms with Crippen molar-refractivity contribution in [2.75, 3.05) is 23.3 Å². The summed E-state index contributed by atoms with van der Waals surface area (Å²) < 4.78 is 58.1. The first-order valence-corrected chi connectivity index (χ1v) is 16.0. The molecule has 0 saturated heterocycles. The van der Waals surface area contributed by atoms with Gasteiger partial charge < -0.3 is 10.5 Å². The summed E-state index contributed by atoms with van der Waals surface area (Å²) in [5, 5.41) is 0.791. The van der Waals surface area contributed by atoms with Crippen molar-refractivity contribution in [3.8, 4) is 28.1 Å². The van der Waals surface area contributed by atoms with Crippen molar-refractivity contribution in [1.82, 2.24) is 9.97 Å². The minimum Gasteiger partial charge on any atom is -0.480 e. The molecule has 3 aromatic carbocycles. The highest BCUT2D eigenvalue weighted by atomic mass is 32.2. The summed E-state index contributed by atoms with van der Waals surface area (Å²) in [6, 6.07) is 24.6. The molecule has 0 unspecified atom stereocenters. The number of nitrogens with one attached hydrogen (secondary N) is 1. The van der Waals surface area contributed by atoms with E-state index in [-0.39, 0.29) is 28.0 Å². The number of methoxy groups -OCH3 is 1. The van der Waals surface area contributed by atoms with Crippen LogP contribution in [0.1, 0.15) is 12.5 Å². The lowest BCUT2D eigenvalue weighted by Crippen LogP contribution is -2.16. The molecule has 0 aliphatic rings. The number of rotatable bonds is 9. The summed E-state index contributed by atoms with van der Waals surface area (Å²) in [5.74, 6) is 0.290. The Balaban J connectivity index is 1.49. The lowest BCUT2D eigenvalue weighted by atomic mass is 10.0. The molecule has 0 atom stereocenters. The van der Waals surface area contributed by atoms with Gasteiger partial charge in [-0.15, -0.1) is 0 Å². The highest BCUT2D eigenvalue weighted by molar-refractivity contribution is 7.92. The van der Waals surface area contributed by atoms with Crippen LogP contribution < -0.4 is 15.2 Å². The number of nitrogen functional groups attached to an aromatic ring is 1. The van der Waals surface area contributed by atoms with Crippen molar-refractivity contribution in [2.45, 2.75) is 17.6 Å². The molecule has 0 fully saturated rings. The number of pyridine rings is 2. The monoisotopic (exact) mass is 588 g/mol. The number of aromatic nitrogens is 2. The van der Waals surface area contributed by atoms with Gasteiger partial charge in [-0.05, 0) is 53.1 Å². The first kappa shape index (κ1) is 28.1. The average molecular weight is 589 g/mol. The van der Waals surface area contributed by atoms with Gasteiger partial charge in [0, 0.05) is 22.7 Å². The number of fused-ring (bicyclic) bond motifs is 1. The van der Waals surface area contributed by atoms with Crippen molar-refractivity contribution < 1.29 is 21.6 Å². The van der Waals surface area contributed by atoms with E-state index in [0.717, 1.165) is 16.5 Å². The molecule has 0 bridgehead atoms. The Morgan fingerprint density at radius 2 is 1.56 bits per heavy atom. The van der Waals surface area contributed by atoms with E-state index in [4.69, 9.17) is 10.5 Å². The third-order valence-corrected chi connectivity index (χ3v) is 9.59. The number of sulfonamides is 1. The first-order chi connectivity index (χ1) is 19.6. The summed E-state index contributed by atoms with van der Waals surface area (Å²) in [7, 11) is -5.63. The highest BCUT2D eigenvalue weighted by Gasteiger charge is 2.17. The normalized spacial score (nSPS) is 11.9. The molecule has 3 N–H and O–H groups in total. The number of benzene rings is 3. The Hall–Kier alpha value is -4.48. The zero-order valence-electron chi connectivity index (χ0n) is 22.4. The van der Waals surface area contributed by atoms with Gasteiger partial charge in [0.25, 0.3) is 0 Å². The number of sulfone groups is 1.